The Kier molecular flexibility index (Phi) is 4.80. The van der Waals surface area contributed by atoms with Crippen molar-refractivity contribution in [3.05, 3.63) is 71.6 Å². The zero-order valence-electron chi connectivity index (χ0n) is 14.9. The van der Waals surface area contributed by atoms with E-state index in [1.54, 1.807) is 25.1 Å². The molecular formula is C21H21N3OS. The van der Waals surface area contributed by atoms with Gasteiger partial charge in [0.2, 0.25) is 0 Å². The predicted molar refractivity (Wildman–Crippen MR) is 107 cm³/mol. The van der Waals surface area contributed by atoms with Gasteiger partial charge in [0.1, 0.15) is 5.75 Å². The first-order chi connectivity index (χ1) is 12.7. The number of imidazole rings is 1. The second kappa shape index (κ2) is 7.38. The number of ether oxygens (including phenoxy) is 1. The number of benzene rings is 1. The molecule has 0 atom stereocenters. The van der Waals surface area contributed by atoms with Gasteiger partial charge < -0.3 is 9.72 Å². The molecule has 1 aliphatic carbocycles. The van der Waals surface area contributed by atoms with Crippen molar-refractivity contribution in [2.24, 2.45) is 5.92 Å². The summed E-state index contributed by atoms with van der Waals surface area (Å²) < 4.78 is 5.37. The van der Waals surface area contributed by atoms with Crippen molar-refractivity contribution in [3.63, 3.8) is 0 Å². The van der Waals surface area contributed by atoms with Gasteiger partial charge in [0.05, 0.1) is 23.8 Å². The highest BCUT2D eigenvalue weighted by Gasteiger charge is 2.10. The number of rotatable bonds is 6. The largest absolute Gasteiger partial charge is 0.496 e. The second-order valence-electron chi connectivity index (χ2n) is 6.40. The van der Waals surface area contributed by atoms with Gasteiger partial charge in [0.25, 0.3) is 0 Å². The van der Waals surface area contributed by atoms with E-state index in [9.17, 15) is 0 Å². The van der Waals surface area contributed by atoms with E-state index in [-0.39, 0.29) is 0 Å². The minimum Gasteiger partial charge on any atom is -0.496 e. The average molecular weight is 363 g/mol. The summed E-state index contributed by atoms with van der Waals surface area (Å²) in [5.41, 5.74) is 5.52. The van der Waals surface area contributed by atoms with E-state index < -0.39 is 0 Å². The Bertz CT molecular complexity index is 978. The smallest absolute Gasteiger partial charge is 0.166 e. The molecule has 0 spiro atoms. The molecule has 4 rings (SSSR count). The van der Waals surface area contributed by atoms with Gasteiger partial charge in [-0.15, -0.1) is 0 Å². The summed E-state index contributed by atoms with van der Waals surface area (Å²) in [6.45, 7) is 2.04. The number of hydrogen-bond donors (Lipinski definition) is 1. The Hall–Kier alpha value is -2.53. The lowest BCUT2D eigenvalue weighted by molar-refractivity contribution is 0.410. The zero-order valence-corrected chi connectivity index (χ0v) is 15.7. The number of nitrogens with one attached hydrogen (secondary N) is 1. The molecule has 0 saturated heterocycles. The second-order valence-corrected chi connectivity index (χ2v) is 7.37. The highest BCUT2D eigenvalue weighted by Crippen LogP contribution is 2.27. The third-order valence-corrected chi connectivity index (χ3v) is 5.53. The zero-order chi connectivity index (χ0) is 17.9. The summed E-state index contributed by atoms with van der Waals surface area (Å²) in [6, 6.07) is 8.37. The van der Waals surface area contributed by atoms with Crippen LogP contribution in [0.3, 0.4) is 0 Å². The van der Waals surface area contributed by atoms with Crippen LogP contribution in [0.5, 0.6) is 5.75 Å². The van der Waals surface area contributed by atoms with Crippen LogP contribution in [0.25, 0.3) is 11.0 Å². The number of fused-ring (bicyclic) bond motifs is 1. The number of pyridine rings is 1. The van der Waals surface area contributed by atoms with E-state index in [0.717, 1.165) is 45.4 Å². The molecule has 1 aromatic carbocycles. The molecule has 0 fully saturated rings. The highest BCUT2D eigenvalue weighted by molar-refractivity contribution is 7.98. The molecule has 0 bridgehead atoms. The van der Waals surface area contributed by atoms with Crippen LogP contribution in [0.2, 0.25) is 0 Å². The summed E-state index contributed by atoms with van der Waals surface area (Å²) in [6.07, 6.45) is 11.5. The van der Waals surface area contributed by atoms with Gasteiger partial charge >= 0.3 is 0 Å². The van der Waals surface area contributed by atoms with Crippen LogP contribution < -0.4 is 4.74 Å². The number of allylic oxidation sites excluding steroid dienone is 4. The number of thioether (sulfide) groups is 1. The van der Waals surface area contributed by atoms with Gasteiger partial charge in [-0.1, -0.05) is 42.1 Å². The summed E-state index contributed by atoms with van der Waals surface area (Å²) in [7, 11) is 1.69. The summed E-state index contributed by atoms with van der Waals surface area (Å²) in [5, 5.41) is 0.918. The van der Waals surface area contributed by atoms with Gasteiger partial charge in [-0.3, -0.25) is 4.98 Å². The number of aromatic amines is 1. The molecular weight excluding hydrogens is 342 g/mol. The number of methoxy groups -OCH3 is 1. The van der Waals surface area contributed by atoms with Crippen molar-refractivity contribution in [1.29, 1.82) is 0 Å². The fraction of sp³-hybridized carbons (Fsp3) is 0.238. The third kappa shape index (κ3) is 3.53. The summed E-state index contributed by atoms with van der Waals surface area (Å²) >= 11 is 1.66. The molecule has 4 nitrogen and oxygen atoms in total. The van der Waals surface area contributed by atoms with Crippen LogP contribution >= 0.6 is 11.8 Å². The van der Waals surface area contributed by atoms with Crippen molar-refractivity contribution in [2.75, 3.05) is 7.11 Å². The average Bonchev–Trinajstić information content (AvgIpc) is 3.30. The molecule has 0 aliphatic heterocycles. The van der Waals surface area contributed by atoms with Crippen LogP contribution in [0.4, 0.5) is 0 Å². The summed E-state index contributed by atoms with van der Waals surface area (Å²) in [5.74, 6) is 2.14. The van der Waals surface area contributed by atoms with E-state index >= 15 is 0 Å². The molecule has 0 amide bonds. The molecule has 0 unspecified atom stereocenters. The van der Waals surface area contributed by atoms with Crippen LogP contribution in [-0.4, -0.2) is 22.1 Å². The SMILES string of the molecule is COc1ccnc(CSc2nc3ccc(CC4C=CC=C4)cc3[nH]2)c1C. The predicted octanol–water partition coefficient (Wildman–Crippen LogP) is 4.85. The number of hydrogen-bond acceptors (Lipinski definition) is 4. The summed E-state index contributed by atoms with van der Waals surface area (Å²) in [4.78, 5) is 12.6. The molecule has 5 heteroatoms. The fourth-order valence-corrected chi connectivity index (χ4v) is 4.09. The van der Waals surface area contributed by atoms with Crippen molar-refractivity contribution < 1.29 is 4.74 Å². The van der Waals surface area contributed by atoms with E-state index in [0.29, 0.717) is 5.92 Å². The molecule has 2 aromatic heterocycles. The third-order valence-electron chi connectivity index (χ3n) is 4.65. The molecule has 26 heavy (non-hydrogen) atoms. The molecule has 3 aromatic rings. The fourth-order valence-electron chi connectivity index (χ4n) is 3.18. The van der Waals surface area contributed by atoms with Crippen LogP contribution in [0.15, 0.2) is 59.9 Å². The van der Waals surface area contributed by atoms with Gasteiger partial charge in [0.15, 0.2) is 5.16 Å². The maximum atomic E-state index is 5.37. The maximum absolute atomic E-state index is 5.37. The Labute approximate surface area is 157 Å². The molecule has 0 saturated carbocycles. The van der Waals surface area contributed by atoms with Crippen LogP contribution in [-0.2, 0) is 12.2 Å². The van der Waals surface area contributed by atoms with E-state index in [2.05, 4.69) is 52.5 Å². The van der Waals surface area contributed by atoms with Crippen molar-refractivity contribution in [2.45, 2.75) is 24.3 Å². The van der Waals surface area contributed by atoms with Gasteiger partial charge in [0, 0.05) is 17.5 Å². The topological polar surface area (TPSA) is 50.8 Å². The first-order valence-corrected chi connectivity index (χ1v) is 9.66. The van der Waals surface area contributed by atoms with Crippen LogP contribution in [0.1, 0.15) is 16.8 Å². The first-order valence-electron chi connectivity index (χ1n) is 8.68. The van der Waals surface area contributed by atoms with Crippen molar-refractivity contribution in [1.82, 2.24) is 15.0 Å². The lowest BCUT2D eigenvalue weighted by Crippen LogP contribution is -1.95. The quantitative estimate of drug-likeness (QED) is 0.636. The van der Waals surface area contributed by atoms with Crippen molar-refractivity contribution in [3.8, 4) is 5.75 Å². The molecule has 2 heterocycles. The van der Waals surface area contributed by atoms with Crippen LogP contribution in [0, 0.1) is 12.8 Å². The highest BCUT2D eigenvalue weighted by atomic mass is 32.2. The Morgan fingerprint density at radius 3 is 2.85 bits per heavy atom. The monoisotopic (exact) mass is 363 g/mol. The molecule has 132 valence electrons. The molecule has 0 radical (unpaired) electrons. The normalized spacial score (nSPS) is 13.8. The Morgan fingerprint density at radius 2 is 2.04 bits per heavy atom. The van der Waals surface area contributed by atoms with E-state index in [1.807, 2.05) is 13.0 Å². The minimum absolute atomic E-state index is 0.506. The van der Waals surface area contributed by atoms with Gasteiger partial charge in [-0.25, -0.2) is 4.98 Å². The molecule has 1 aliphatic rings. The number of nitrogens with zero attached hydrogens (tertiary/aromatic N) is 2. The minimum atomic E-state index is 0.506. The Morgan fingerprint density at radius 1 is 1.19 bits per heavy atom. The van der Waals surface area contributed by atoms with E-state index in [1.165, 1.54) is 5.56 Å². The lowest BCUT2D eigenvalue weighted by Gasteiger charge is -2.08. The molecule has 1 N–H and O–H groups in total. The van der Waals surface area contributed by atoms with Crippen molar-refractivity contribution >= 4 is 22.8 Å². The van der Waals surface area contributed by atoms with Gasteiger partial charge in [-0.05, 0) is 43.0 Å². The van der Waals surface area contributed by atoms with E-state index in [4.69, 9.17) is 9.72 Å². The van der Waals surface area contributed by atoms with Gasteiger partial charge in [-0.2, -0.15) is 0 Å². The Balaban J connectivity index is 1.49. The number of aromatic nitrogens is 3. The first kappa shape index (κ1) is 16.9. The number of H-pyrrole nitrogens is 1. The maximum Gasteiger partial charge on any atom is 0.166 e. The standard InChI is InChI=1S/C21H21N3OS/c1-14-19(22-10-9-20(14)25-2)13-26-21-23-17-8-7-16(12-18(17)24-21)11-15-5-3-4-6-15/h3-10,12,15H,11,13H2,1-2H3,(H,23,24). The lowest BCUT2D eigenvalue weighted by atomic mass is 10.0.